The highest BCUT2D eigenvalue weighted by Crippen LogP contribution is 2.01. The number of hydrogen-bond acceptors (Lipinski definition) is 3. The molecule has 2 N–H and O–H groups in total. The summed E-state index contributed by atoms with van der Waals surface area (Å²) >= 11 is 0. The van der Waals surface area contributed by atoms with E-state index in [9.17, 15) is 4.79 Å². The van der Waals surface area contributed by atoms with Crippen LogP contribution in [0.5, 0.6) is 0 Å². The van der Waals surface area contributed by atoms with Gasteiger partial charge in [-0.3, -0.25) is 4.98 Å². The standard InChI is InChI=1S/C11H17N3O/c1-3-4-5-9(2)8-13-10-6-7-12-11(15)14-10/h5-7H,3-4,8H2,1-2H3,(H2,12,13,14,15). The molecule has 0 amide bonds. The number of unbranched alkanes of at least 4 members (excludes halogenated alkanes) is 1. The fraction of sp³-hybridized carbons (Fsp3) is 0.455. The van der Waals surface area contributed by atoms with Crippen LogP contribution in [0.3, 0.4) is 0 Å². The number of aromatic amines is 1. The Morgan fingerprint density at radius 3 is 3.13 bits per heavy atom. The van der Waals surface area contributed by atoms with Gasteiger partial charge in [-0.2, -0.15) is 0 Å². The van der Waals surface area contributed by atoms with Crippen LogP contribution >= 0.6 is 0 Å². The van der Waals surface area contributed by atoms with Crippen LogP contribution in [-0.2, 0) is 0 Å². The van der Waals surface area contributed by atoms with Crippen LogP contribution in [0.2, 0.25) is 0 Å². The van der Waals surface area contributed by atoms with Gasteiger partial charge in [0.1, 0.15) is 5.82 Å². The highest BCUT2D eigenvalue weighted by atomic mass is 16.1. The van der Waals surface area contributed by atoms with Crippen LogP contribution in [0.1, 0.15) is 26.7 Å². The van der Waals surface area contributed by atoms with E-state index in [0.717, 1.165) is 19.4 Å². The fourth-order valence-electron chi connectivity index (χ4n) is 1.17. The highest BCUT2D eigenvalue weighted by molar-refractivity contribution is 5.33. The van der Waals surface area contributed by atoms with Crippen molar-refractivity contribution in [3.8, 4) is 0 Å². The summed E-state index contributed by atoms with van der Waals surface area (Å²) in [6, 6.07) is 1.74. The second-order valence-corrected chi connectivity index (χ2v) is 3.48. The number of allylic oxidation sites excluding steroid dienone is 1. The van der Waals surface area contributed by atoms with Gasteiger partial charge in [0, 0.05) is 12.7 Å². The highest BCUT2D eigenvalue weighted by Gasteiger charge is 1.93. The lowest BCUT2D eigenvalue weighted by Gasteiger charge is -2.05. The predicted octanol–water partition coefficient (Wildman–Crippen LogP) is 1.93. The van der Waals surface area contributed by atoms with E-state index in [0.29, 0.717) is 5.82 Å². The van der Waals surface area contributed by atoms with E-state index in [1.807, 2.05) is 0 Å². The SMILES string of the molecule is CCCC=C(C)CNc1ccnc(=O)[nH]1. The molecular weight excluding hydrogens is 190 g/mol. The molecule has 82 valence electrons. The van der Waals surface area contributed by atoms with Crippen LogP contribution in [-0.4, -0.2) is 16.5 Å². The van der Waals surface area contributed by atoms with Crippen molar-refractivity contribution in [2.45, 2.75) is 26.7 Å². The zero-order valence-corrected chi connectivity index (χ0v) is 9.21. The van der Waals surface area contributed by atoms with Crippen molar-refractivity contribution in [3.05, 3.63) is 34.4 Å². The molecule has 0 unspecified atom stereocenters. The first kappa shape index (κ1) is 11.5. The first-order chi connectivity index (χ1) is 7.22. The maximum absolute atomic E-state index is 10.9. The molecular formula is C11H17N3O. The number of H-pyrrole nitrogens is 1. The Morgan fingerprint density at radius 1 is 1.67 bits per heavy atom. The van der Waals surface area contributed by atoms with E-state index < -0.39 is 0 Å². The van der Waals surface area contributed by atoms with E-state index in [4.69, 9.17) is 0 Å². The summed E-state index contributed by atoms with van der Waals surface area (Å²) in [7, 11) is 0. The molecule has 0 radical (unpaired) electrons. The summed E-state index contributed by atoms with van der Waals surface area (Å²) in [4.78, 5) is 17.1. The molecule has 0 spiro atoms. The monoisotopic (exact) mass is 207 g/mol. The molecule has 1 rings (SSSR count). The molecule has 0 saturated carbocycles. The number of rotatable bonds is 5. The van der Waals surface area contributed by atoms with Crippen LogP contribution in [0, 0.1) is 0 Å². The van der Waals surface area contributed by atoms with E-state index in [-0.39, 0.29) is 5.69 Å². The fourth-order valence-corrected chi connectivity index (χ4v) is 1.17. The summed E-state index contributed by atoms with van der Waals surface area (Å²) in [5.41, 5.74) is 0.949. The minimum Gasteiger partial charge on any atom is -0.368 e. The summed E-state index contributed by atoms with van der Waals surface area (Å²) in [5.74, 6) is 0.708. The van der Waals surface area contributed by atoms with Crippen LogP contribution in [0.15, 0.2) is 28.7 Å². The summed E-state index contributed by atoms with van der Waals surface area (Å²) < 4.78 is 0. The molecule has 0 aliphatic carbocycles. The normalized spacial score (nSPS) is 11.5. The molecule has 0 aliphatic heterocycles. The van der Waals surface area contributed by atoms with Crippen molar-refractivity contribution >= 4 is 5.82 Å². The van der Waals surface area contributed by atoms with Gasteiger partial charge >= 0.3 is 5.69 Å². The quantitative estimate of drug-likeness (QED) is 0.725. The minimum absolute atomic E-state index is 0.324. The van der Waals surface area contributed by atoms with Crippen molar-refractivity contribution in [3.63, 3.8) is 0 Å². The van der Waals surface area contributed by atoms with Crippen molar-refractivity contribution < 1.29 is 0 Å². The van der Waals surface area contributed by atoms with Gasteiger partial charge in [0.25, 0.3) is 0 Å². The Hall–Kier alpha value is -1.58. The second kappa shape index (κ2) is 6.01. The molecule has 4 heteroatoms. The minimum atomic E-state index is -0.324. The molecule has 0 aromatic carbocycles. The van der Waals surface area contributed by atoms with E-state index in [1.54, 1.807) is 6.07 Å². The smallest absolute Gasteiger partial charge is 0.346 e. The van der Waals surface area contributed by atoms with E-state index in [1.165, 1.54) is 11.8 Å². The number of anilines is 1. The Labute approximate surface area is 89.4 Å². The topological polar surface area (TPSA) is 57.8 Å². The van der Waals surface area contributed by atoms with E-state index in [2.05, 4.69) is 35.2 Å². The van der Waals surface area contributed by atoms with Crippen molar-refractivity contribution in [1.82, 2.24) is 9.97 Å². The van der Waals surface area contributed by atoms with Gasteiger partial charge in [0.05, 0.1) is 0 Å². The number of nitrogens with one attached hydrogen (secondary N) is 2. The van der Waals surface area contributed by atoms with Crippen molar-refractivity contribution in [2.75, 3.05) is 11.9 Å². The lowest BCUT2D eigenvalue weighted by atomic mass is 10.2. The van der Waals surface area contributed by atoms with Crippen LogP contribution < -0.4 is 11.0 Å². The van der Waals surface area contributed by atoms with Gasteiger partial charge in [-0.15, -0.1) is 0 Å². The van der Waals surface area contributed by atoms with Gasteiger partial charge in [-0.25, -0.2) is 9.78 Å². The third kappa shape index (κ3) is 4.44. The zero-order valence-electron chi connectivity index (χ0n) is 9.21. The van der Waals surface area contributed by atoms with Gasteiger partial charge < -0.3 is 5.32 Å². The number of hydrogen-bond donors (Lipinski definition) is 2. The van der Waals surface area contributed by atoms with E-state index >= 15 is 0 Å². The molecule has 0 fully saturated rings. The van der Waals surface area contributed by atoms with Crippen molar-refractivity contribution in [2.24, 2.45) is 0 Å². The Morgan fingerprint density at radius 2 is 2.47 bits per heavy atom. The third-order valence-electron chi connectivity index (χ3n) is 2.01. The van der Waals surface area contributed by atoms with Crippen LogP contribution in [0.25, 0.3) is 0 Å². The summed E-state index contributed by atoms with van der Waals surface area (Å²) in [6.07, 6.45) is 5.95. The lowest BCUT2D eigenvalue weighted by Crippen LogP contribution is -2.13. The molecule has 0 saturated heterocycles. The molecule has 15 heavy (non-hydrogen) atoms. The van der Waals surface area contributed by atoms with Gasteiger partial charge in [0.2, 0.25) is 0 Å². The Bertz CT molecular complexity index is 381. The molecule has 1 aromatic heterocycles. The number of nitrogens with zero attached hydrogens (tertiary/aromatic N) is 1. The predicted molar refractivity (Wildman–Crippen MR) is 62.0 cm³/mol. The first-order valence-corrected chi connectivity index (χ1v) is 5.17. The molecule has 4 nitrogen and oxygen atoms in total. The molecule has 0 bridgehead atoms. The molecule has 0 atom stereocenters. The molecule has 0 aliphatic rings. The Balaban J connectivity index is 2.47. The lowest BCUT2D eigenvalue weighted by molar-refractivity contribution is 0.942. The largest absolute Gasteiger partial charge is 0.368 e. The number of aromatic nitrogens is 2. The maximum Gasteiger partial charge on any atom is 0.346 e. The maximum atomic E-state index is 10.9. The van der Waals surface area contributed by atoms with Gasteiger partial charge in [-0.05, 0) is 19.4 Å². The zero-order chi connectivity index (χ0) is 11.1. The average Bonchev–Trinajstić information content (AvgIpc) is 2.23. The van der Waals surface area contributed by atoms with Gasteiger partial charge in [-0.1, -0.05) is 25.0 Å². The van der Waals surface area contributed by atoms with Crippen molar-refractivity contribution in [1.29, 1.82) is 0 Å². The van der Waals surface area contributed by atoms with Crippen LogP contribution in [0.4, 0.5) is 5.82 Å². The average molecular weight is 207 g/mol. The third-order valence-corrected chi connectivity index (χ3v) is 2.01. The Kier molecular flexibility index (Phi) is 4.60. The first-order valence-electron chi connectivity index (χ1n) is 5.17. The second-order valence-electron chi connectivity index (χ2n) is 3.48. The molecule has 1 aromatic rings. The molecule has 1 heterocycles. The summed E-state index contributed by atoms with van der Waals surface area (Å²) in [5, 5.41) is 3.13. The van der Waals surface area contributed by atoms with Gasteiger partial charge in [0.15, 0.2) is 0 Å². The summed E-state index contributed by atoms with van der Waals surface area (Å²) in [6.45, 7) is 4.97.